The molecule has 0 radical (unpaired) electrons. The summed E-state index contributed by atoms with van der Waals surface area (Å²) in [6, 6.07) is 0. The van der Waals surface area contributed by atoms with Gasteiger partial charge in [-0.05, 0) is 37.7 Å². The van der Waals surface area contributed by atoms with Crippen molar-refractivity contribution in [2.24, 2.45) is 0 Å². The highest BCUT2D eigenvalue weighted by atomic mass is 35.5. The number of halogens is 1. The number of hydrogen-bond donors (Lipinski definition) is 0. The molecule has 25 heavy (non-hydrogen) atoms. The molecule has 0 saturated heterocycles. The number of alkyl halides is 1. The molecule has 1 atom stereocenters. The summed E-state index contributed by atoms with van der Waals surface area (Å²) in [4.78, 5) is 23.2. The maximum absolute atomic E-state index is 12.2. The van der Waals surface area contributed by atoms with Gasteiger partial charge in [-0.15, -0.1) is 11.6 Å². The molecule has 1 rings (SSSR count). The number of allylic oxidation sites excluding steroid dienone is 6. The fourth-order valence-electron chi connectivity index (χ4n) is 2.82. The zero-order valence-electron chi connectivity index (χ0n) is 15.6. The molecule has 0 bridgehead atoms. The summed E-state index contributed by atoms with van der Waals surface area (Å²) >= 11 is 6.09. The van der Waals surface area contributed by atoms with E-state index in [0.29, 0.717) is 6.42 Å². The quantitative estimate of drug-likeness (QED) is 0.193. The zero-order chi connectivity index (χ0) is 18.5. The summed E-state index contributed by atoms with van der Waals surface area (Å²) in [5.74, 6) is -0.162. The van der Waals surface area contributed by atoms with Crippen molar-refractivity contribution in [3.05, 3.63) is 35.5 Å². The van der Waals surface area contributed by atoms with Gasteiger partial charge < -0.3 is 4.74 Å². The van der Waals surface area contributed by atoms with Gasteiger partial charge in [0.15, 0.2) is 5.78 Å². The highest BCUT2D eigenvalue weighted by molar-refractivity contribution is 6.37. The van der Waals surface area contributed by atoms with E-state index in [0.717, 1.165) is 43.3 Å². The summed E-state index contributed by atoms with van der Waals surface area (Å²) in [5, 5.41) is -0.537. The lowest BCUT2D eigenvalue weighted by molar-refractivity contribution is -0.140. The molecule has 0 spiro atoms. The largest absolute Gasteiger partial charge is 0.469 e. The van der Waals surface area contributed by atoms with Gasteiger partial charge in [0.2, 0.25) is 0 Å². The molecule has 3 nitrogen and oxygen atoms in total. The Balaban J connectivity index is 2.40. The molecule has 0 N–H and O–H groups in total. The van der Waals surface area contributed by atoms with E-state index in [1.165, 1.54) is 32.8 Å². The van der Waals surface area contributed by atoms with E-state index in [9.17, 15) is 9.59 Å². The second-order valence-electron chi connectivity index (χ2n) is 6.43. The number of rotatable bonds is 12. The van der Waals surface area contributed by atoms with Crippen molar-refractivity contribution in [1.82, 2.24) is 0 Å². The summed E-state index contributed by atoms with van der Waals surface area (Å²) in [6.07, 6.45) is 18.0. The van der Waals surface area contributed by atoms with Crippen molar-refractivity contribution in [2.75, 3.05) is 7.11 Å². The molecule has 140 valence electrons. The Kier molecular flexibility index (Phi) is 11.2. The van der Waals surface area contributed by atoms with Gasteiger partial charge in [0.1, 0.15) is 5.38 Å². The van der Waals surface area contributed by atoms with Gasteiger partial charge in [0.25, 0.3) is 0 Å². The minimum absolute atomic E-state index is 0.00172. The number of unbranched alkanes of at least 4 members (excludes halogenated alkanes) is 7. The monoisotopic (exact) mass is 366 g/mol. The van der Waals surface area contributed by atoms with Gasteiger partial charge in [-0.3, -0.25) is 9.59 Å². The summed E-state index contributed by atoms with van der Waals surface area (Å²) < 4.78 is 4.62. The molecule has 0 aliphatic heterocycles. The molecule has 4 heteroatoms. The number of Topliss-reactive ketones (excluding diaryl/α,β-unsaturated/α-hetero) is 1. The molecule has 0 saturated carbocycles. The summed E-state index contributed by atoms with van der Waals surface area (Å²) in [6.45, 7) is 2.21. The molecule has 0 heterocycles. The number of hydrogen-bond acceptors (Lipinski definition) is 3. The lowest BCUT2D eigenvalue weighted by atomic mass is 10.0. The Bertz CT molecular complexity index is 517. The lowest BCUT2D eigenvalue weighted by Gasteiger charge is -2.02. The van der Waals surface area contributed by atoms with Crippen LogP contribution in [0.2, 0.25) is 0 Å². The van der Waals surface area contributed by atoms with E-state index in [4.69, 9.17) is 11.6 Å². The maximum atomic E-state index is 12.2. The second-order valence-corrected chi connectivity index (χ2v) is 6.90. The van der Waals surface area contributed by atoms with Crippen LogP contribution in [-0.2, 0) is 14.3 Å². The minimum atomic E-state index is -0.537. The molecule has 0 fully saturated rings. The molecule has 0 aromatic rings. The minimum Gasteiger partial charge on any atom is -0.469 e. The topological polar surface area (TPSA) is 43.4 Å². The van der Waals surface area contributed by atoms with Gasteiger partial charge in [0.05, 0.1) is 7.11 Å². The van der Waals surface area contributed by atoms with Crippen LogP contribution in [0, 0.1) is 0 Å². The molecule has 0 aromatic heterocycles. The van der Waals surface area contributed by atoms with Crippen LogP contribution in [0.15, 0.2) is 35.5 Å². The molecular weight excluding hydrogens is 336 g/mol. The van der Waals surface area contributed by atoms with Crippen LogP contribution in [-0.4, -0.2) is 24.2 Å². The highest BCUT2D eigenvalue weighted by Gasteiger charge is 2.26. The normalized spacial score (nSPS) is 19.0. The van der Waals surface area contributed by atoms with Gasteiger partial charge in [-0.2, -0.15) is 0 Å². The van der Waals surface area contributed by atoms with E-state index >= 15 is 0 Å². The molecule has 1 aliphatic carbocycles. The van der Waals surface area contributed by atoms with Crippen molar-refractivity contribution in [3.8, 4) is 0 Å². The van der Waals surface area contributed by atoms with E-state index in [-0.39, 0.29) is 11.8 Å². The Morgan fingerprint density at radius 2 is 1.88 bits per heavy atom. The van der Waals surface area contributed by atoms with Crippen molar-refractivity contribution >= 4 is 23.4 Å². The first-order valence-electron chi connectivity index (χ1n) is 9.44. The summed E-state index contributed by atoms with van der Waals surface area (Å²) in [5.41, 5.74) is 1.70. The van der Waals surface area contributed by atoms with Gasteiger partial charge in [-0.25, -0.2) is 0 Å². The average molecular weight is 367 g/mol. The van der Waals surface area contributed by atoms with E-state index in [1.54, 1.807) is 0 Å². The van der Waals surface area contributed by atoms with Crippen LogP contribution in [0.3, 0.4) is 0 Å². The first-order chi connectivity index (χ1) is 12.1. The fourth-order valence-corrected chi connectivity index (χ4v) is 3.07. The zero-order valence-corrected chi connectivity index (χ0v) is 16.3. The van der Waals surface area contributed by atoms with E-state index in [2.05, 4.69) is 17.7 Å². The van der Waals surface area contributed by atoms with Crippen LogP contribution in [0.25, 0.3) is 0 Å². The molecule has 1 unspecified atom stereocenters. The standard InChI is InChI=1S/C21H31ClO3/c1-3-4-5-6-7-10-13-17-16-19(22)21(24)18(17)14-11-8-9-12-15-20(23)25-2/h10,13-14,16,19H,3-9,11-12,15H2,1-2H3. The maximum Gasteiger partial charge on any atom is 0.305 e. The second kappa shape index (κ2) is 12.9. The van der Waals surface area contributed by atoms with Crippen LogP contribution in [0.5, 0.6) is 0 Å². The Morgan fingerprint density at radius 3 is 2.60 bits per heavy atom. The number of ether oxygens (including phenoxy) is 1. The van der Waals surface area contributed by atoms with E-state index < -0.39 is 5.38 Å². The predicted octanol–water partition coefficient (Wildman–Crippen LogP) is 5.68. The fraction of sp³-hybridized carbons (Fsp3) is 0.619. The van der Waals surface area contributed by atoms with Crippen LogP contribution >= 0.6 is 11.6 Å². The van der Waals surface area contributed by atoms with Crippen LogP contribution in [0.1, 0.15) is 71.1 Å². The molecular formula is C21H31ClO3. The number of ketones is 1. The van der Waals surface area contributed by atoms with Crippen LogP contribution < -0.4 is 0 Å². The number of carbonyl (C=O) groups is 2. The third-order valence-electron chi connectivity index (χ3n) is 4.34. The smallest absolute Gasteiger partial charge is 0.305 e. The Morgan fingerprint density at radius 1 is 1.16 bits per heavy atom. The van der Waals surface area contributed by atoms with Crippen molar-refractivity contribution < 1.29 is 14.3 Å². The summed E-state index contributed by atoms with van der Waals surface area (Å²) in [7, 11) is 1.41. The number of esters is 1. The highest BCUT2D eigenvalue weighted by Crippen LogP contribution is 2.27. The first kappa shape index (κ1) is 21.7. The third-order valence-corrected chi connectivity index (χ3v) is 4.66. The Hall–Kier alpha value is -1.35. The van der Waals surface area contributed by atoms with Gasteiger partial charge in [0, 0.05) is 12.0 Å². The van der Waals surface area contributed by atoms with Crippen LogP contribution in [0.4, 0.5) is 0 Å². The molecule has 0 amide bonds. The Labute approximate surface area is 157 Å². The number of carbonyl (C=O) groups excluding carboxylic acids is 2. The first-order valence-corrected chi connectivity index (χ1v) is 9.87. The molecule has 0 aromatic carbocycles. The lowest BCUT2D eigenvalue weighted by Crippen LogP contribution is -2.07. The third kappa shape index (κ3) is 8.53. The predicted molar refractivity (Wildman–Crippen MR) is 104 cm³/mol. The van der Waals surface area contributed by atoms with Gasteiger partial charge >= 0.3 is 5.97 Å². The molecule has 1 aliphatic rings. The van der Waals surface area contributed by atoms with Crippen molar-refractivity contribution in [2.45, 2.75) is 76.5 Å². The number of methoxy groups -OCH3 is 1. The SMILES string of the molecule is CCCCCCC=CC1=CC(Cl)C(=O)C1=CCCCCCC(=O)OC. The van der Waals surface area contributed by atoms with Gasteiger partial charge in [-0.1, -0.05) is 56.9 Å². The van der Waals surface area contributed by atoms with Crippen molar-refractivity contribution in [1.29, 1.82) is 0 Å². The average Bonchev–Trinajstić information content (AvgIpc) is 2.88. The van der Waals surface area contributed by atoms with Crippen molar-refractivity contribution in [3.63, 3.8) is 0 Å². The van der Waals surface area contributed by atoms with E-state index in [1.807, 2.05) is 18.2 Å².